The first-order valence-corrected chi connectivity index (χ1v) is 9.15. The van der Waals surface area contributed by atoms with Crippen LogP contribution in [0.3, 0.4) is 0 Å². The monoisotopic (exact) mass is 318 g/mol. The molecule has 1 saturated carbocycles. The van der Waals surface area contributed by atoms with Crippen molar-refractivity contribution in [3.05, 3.63) is 53.8 Å². The molecule has 1 N–H and O–H groups in total. The molecule has 0 aliphatic heterocycles. The molecule has 1 aliphatic rings. The molecule has 2 aromatic carbocycles. The van der Waals surface area contributed by atoms with Gasteiger partial charge in [-0.25, -0.2) is 4.39 Å². The zero-order valence-electron chi connectivity index (χ0n) is 12.4. The fourth-order valence-electron chi connectivity index (χ4n) is 3.47. The molecule has 0 saturated heterocycles. The van der Waals surface area contributed by atoms with Gasteiger partial charge in [0.1, 0.15) is 5.82 Å². The summed E-state index contributed by atoms with van der Waals surface area (Å²) in [5, 5.41) is 0.373. The topological polar surface area (TPSA) is 37.3 Å². The van der Waals surface area contributed by atoms with Crippen molar-refractivity contribution < 1.29 is 13.8 Å². The molecule has 1 unspecified atom stereocenters. The van der Waals surface area contributed by atoms with Gasteiger partial charge in [-0.2, -0.15) is 0 Å². The molecule has 0 amide bonds. The minimum atomic E-state index is -2.88. The summed E-state index contributed by atoms with van der Waals surface area (Å²) in [6, 6.07) is 12.0. The van der Waals surface area contributed by atoms with E-state index in [2.05, 4.69) is 0 Å². The summed E-state index contributed by atoms with van der Waals surface area (Å²) in [4.78, 5) is 9.70. The van der Waals surface area contributed by atoms with Crippen LogP contribution in [0.5, 0.6) is 0 Å². The largest absolute Gasteiger partial charge is 0.343 e. The SMILES string of the molecule is O=[PH](O)c1cccc(C2CCCCC2)c1-c1ccccc1F. The fraction of sp³-hybridized carbons (Fsp3) is 0.333. The third-order valence-corrected chi connectivity index (χ3v) is 5.39. The first-order valence-electron chi connectivity index (χ1n) is 7.79. The van der Waals surface area contributed by atoms with Crippen molar-refractivity contribution >= 4 is 13.3 Å². The molecule has 1 atom stereocenters. The van der Waals surface area contributed by atoms with Crippen molar-refractivity contribution in [3.63, 3.8) is 0 Å². The van der Waals surface area contributed by atoms with Crippen LogP contribution in [0.25, 0.3) is 11.1 Å². The molecule has 0 bridgehead atoms. The lowest BCUT2D eigenvalue weighted by molar-refractivity contribution is 0.444. The highest BCUT2D eigenvalue weighted by Gasteiger charge is 2.23. The number of halogens is 1. The van der Waals surface area contributed by atoms with E-state index in [1.54, 1.807) is 24.3 Å². The van der Waals surface area contributed by atoms with Crippen LogP contribution in [0.4, 0.5) is 4.39 Å². The van der Waals surface area contributed by atoms with Gasteiger partial charge in [-0.3, -0.25) is 4.57 Å². The number of hydrogen-bond acceptors (Lipinski definition) is 1. The molecule has 22 heavy (non-hydrogen) atoms. The second kappa shape index (κ2) is 6.76. The lowest BCUT2D eigenvalue weighted by Crippen LogP contribution is -2.12. The Labute approximate surface area is 130 Å². The van der Waals surface area contributed by atoms with Crippen LogP contribution in [0.15, 0.2) is 42.5 Å². The smallest absolute Gasteiger partial charge is 0.218 e. The van der Waals surface area contributed by atoms with E-state index in [-0.39, 0.29) is 5.82 Å². The Bertz CT molecular complexity index is 693. The van der Waals surface area contributed by atoms with Crippen LogP contribution in [0.1, 0.15) is 43.6 Å². The lowest BCUT2D eigenvalue weighted by atomic mass is 9.81. The summed E-state index contributed by atoms with van der Waals surface area (Å²) in [5.41, 5.74) is 2.10. The molecule has 2 nitrogen and oxygen atoms in total. The third-order valence-electron chi connectivity index (χ3n) is 4.52. The Morgan fingerprint density at radius 2 is 1.73 bits per heavy atom. The zero-order valence-corrected chi connectivity index (χ0v) is 13.4. The van der Waals surface area contributed by atoms with Crippen LogP contribution in [0, 0.1) is 5.82 Å². The number of rotatable bonds is 3. The normalized spacial score (nSPS) is 17.4. The van der Waals surface area contributed by atoms with Gasteiger partial charge in [-0.1, -0.05) is 49.6 Å². The van der Waals surface area contributed by atoms with Crippen molar-refractivity contribution in [2.24, 2.45) is 0 Å². The highest BCUT2D eigenvalue weighted by Crippen LogP contribution is 2.39. The predicted molar refractivity (Wildman–Crippen MR) is 88.5 cm³/mol. The molecular formula is C18H20FO2P. The molecule has 2 aromatic rings. The third kappa shape index (κ3) is 3.02. The zero-order chi connectivity index (χ0) is 15.5. The minimum absolute atomic E-state index is 0.338. The van der Waals surface area contributed by atoms with E-state index >= 15 is 0 Å². The summed E-state index contributed by atoms with van der Waals surface area (Å²) in [5.74, 6) is 0.0138. The number of hydrogen-bond donors (Lipinski definition) is 1. The molecule has 4 heteroatoms. The van der Waals surface area contributed by atoms with Gasteiger partial charge in [0.2, 0.25) is 8.03 Å². The summed E-state index contributed by atoms with van der Waals surface area (Å²) in [6.45, 7) is 0. The second-order valence-corrected chi connectivity index (χ2v) is 7.04. The van der Waals surface area contributed by atoms with Crippen LogP contribution < -0.4 is 5.30 Å². The molecule has 1 fully saturated rings. The van der Waals surface area contributed by atoms with Gasteiger partial charge in [-0.15, -0.1) is 0 Å². The van der Waals surface area contributed by atoms with Gasteiger partial charge in [-0.05, 0) is 36.5 Å². The van der Waals surface area contributed by atoms with Crippen LogP contribution in [-0.2, 0) is 4.57 Å². The molecule has 1 aliphatic carbocycles. The van der Waals surface area contributed by atoms with E-state index in [1.807, 2.05) is 12.1 Å². The standard InChI is InChI=1S/C18H20FO2P/c19-16-11-5-4-9-15(16)18-14(13-7-2-1-3-8-13)10-6-12-17(18)22(20)21/h4-6,9-13,22H,1-3,7-8H2,(H,20,21). The second-order valence-electron chi connectivity index (χ2n) is 5.89. The lowest BCUT2D eigenvalue weighted by Gasteiger charge is -2.25. The Hall–Kier alpha value is -1.44. The van der Waals surface area contributed by atoms with Crippen molar-refractivity contribution in [3.8, 4) is 11.1 Å². The predicted octanol–water partition coefficient (Wildman–Crippen LogP) is 4.63. The molecule has 3 rings (SSSR count). The summed E-state index contributed by atoms with van der Waals surface area (Å²) in [7, 11) is -2.88. The van der Waals surface area contributed by atoms with Crippen LogP contribution >= 0.6 is 8.03 Å². The highest BCUT2D eigenvalue weighted by atomic mass is 31.1. The average molecular weight is 318 g/mol. The molecule has 0 heterocycles. The van der Waals surface area contributed by atoms with Crippen molar-refractivity contribution in [1.29, 1.82) is 0 Å². The average Bonchev–Trinajstić information content (AvgIpc) is 2.55. The van der Waals surface area contributed by atoms with Gasteiger partial charge in [0.25, 0.3) is 0 Å². The van der Waals surface area contributed by atoms with Crippen molar-refractivity contribution in [2.75, 3.05) is 0 Å². The molecule has 0 spiro atoms. The van der Waals surface area contributed by atoms with E-state index in [1.165, 1.54) is 25.3 Å². The van der Waals surface area contributed by atoms with E-state index < -0.39 is 8.03 Å². The van der Waals surface area contributed by atoms with E-state index in [0.717, 1.165) is 18.4 Å². The molecule has 0 radical (unpaired) electrons. The minimum Gasteiger partial charge on any atom is -0.343 e. The first kappa shape index (κ1) is 15.5. The number of benzene rings is 2. The Balaban J connectivity index is 2.20. The van der Waals surface area contributed by atoms with Crippen LogP contribution in [0.2, 0.25) is 0 Å². The maximum atomic E-state index is 14.3. The quantitative estimate of drug-likeness (QED) is 0.838. The first-order chi connectivity index (χ1) is 10.7. The van der Waals surface area contributed by atoms with Crippen LogP contribution in [-0.4, -0.2) is 4.89 Å². The fourth-order valence-corrected chi connectivity index (χ4v) is 4.20. The Morgan fingerprint density at radius 1 is 1.00 bits per heavy atom. The van der Waals surface area contributed by atoms with E-state index in [0.29, 0.717) is 22.3 Å². The van der Waals surface area contributed by atoms with Crippen molar-refractivity contribution in [2.45, 2.75) is 38.0 Å². The van der Waals surface area contributed by atoms with Gasteiger partial charge < -0.3 is 4.89 Å². The van der Waals surface area contributed by atoms with E-state index in [4.69, 9.17) is 0 Å². The Kier molecular flexibility index (Phi) is 4.75. The van der Waals surface area contributed by atoms with Crippen molar-refractivity contribution in [1.82, 2.24) is 0 Å². The molecular weight excluding hydrogens is 298 g/mol. The van der Waals surface area contributed by atoms with Gasteiger partial charge in [0.05, 0.1) is 0 Å². The van der Waals surface area contributed by atoms with Gasteiger partial charge in [0.15, 0.2) is 0 Å². The Morgan fingerprint density at radius 3 is 2.41 bits per heavy atom. The molecule has 116 valence electrons. The maximum Gasteiger partial charge on any atom is 0.218 e. The summed E-state index contributed by atoms with van der Waals surface area (Å²) < 4.78 is 26.1. The maximum absolute atomic E-state index is 14.3. The summed E-state index contributed by atoms with van der Waals surface area (Å²) in [6.07, 6.45) is 5.70. The van der Waals surface area contributed by atoms with E-state index in [9.17, 15) is 13.8 Å². The highest BCUT2D eigenvalue weighted by molar-refractivity contribution is 7.47. The summed E-state index contributed by atoms with van der Waals surface area (Å²) >= 11 is 0. The van der Waals surface area contributed by atoms with Gasteiger partial charge >= 0.3 is 0 Å². The molecule has 0 aromatic heterocycles. The van der Waals surface area contributed by atoms with Gasteiger partial charge in [0, 0.05) is 16.4 Å².